The molecule has 0 bridgehead atoms. The Bertz CT molecular complexity index is 1370. The Labute approximate surface area is 188 Å². The standard InChI is InChI=1S/C23H25N5O3S/c1-15-8-9-16(10-11-17(15)18-6-5-13-32-18)25-19(29)7-4-12-28-14-24-21-20(28)22(30)27(3)23(31)26(21)2/h5-6,8-11,13-15H,4,7,12H2,1-3H3,(H,25,29)/t15-/m0/s1. The molecular formula is C23H25N5O3S. The zero-order valence-corrected chi connectivity index (χ0v) is 19.1. The molecule has 0 saturated heterocycles. The van der Waals surface area contributed by atoms with Crippen LogP contribution in [0.15, 0.2) is 63.4 Å². The van der Waals surface area contributed by atoms with Crippen molar-refractivity contribution in [1.82, 2.24) is 24.0 Å². The van der Waals surface area contributed by atoms with Crippen LogP contribution in [-0.2, 0) is 25.4 Å². The quantitative estimate of drug-likeness (QED) is 0.624. The summed E-state index contributed by atoms with van der Waals surface area (Å²) >= 11 is 1.70. The van der Waals surface area contributed by atoms with Crippen molar-refractivity contribution in [2.45, 2.75) is 26.3 Å². The van der Waals surface area contributed by atoms with Crippen molar-refractivity contribution in [3.8, 4) is 0 Å². The van der Waals surface area contributed by atoms with Gasteiger partial charge in [-0.05, 0) is 35.6 Å². The van der Waals surface area contributed by atoms with Gasteiger partial charge in [-0.1, -0.05) is 25.1 Å². The number of aromatic nitrogens is 4. The van der Waals surface area contributed by atoms with Crippen LogP contribution in [0.25, 0.3) is 16.7 Å². The molecule has 0 aromatic carbocycles. The maximum Gasteiger partial charge on any atom is 0.332 e. The number of fused-ring (bicyclic) bond motifs is 1. The molecule has 0 unspecified atom stereocenters. The van der Waals surface area contributed by atoms with E-state index in [1.54, 1.807) is 23.0 Å². The van der Waals surface area contributed by atoms with Gasteiger partial charge in [-0.25, -0.2) is 9.78 Å². The Balaban J connectivity index is 1.41. The van der Waals surface area contributed by atoms with Crippen molar-refractivity contribution in [1.29, 1.82) is 0 Å². The van der Waals surface area contributed by atoms with Gasteiger partial charge in [-0.3, -0.25) is 18.7 Å². The molecular weight excluding hydrogens is 426 g/mol. The van der Waals surface area contributed by atoms with Crippen molar-refractivity contribution >= 4 is 34.0 Å². The molecule has 32 heavy (non-hydrogen) atoms. The number of aryl methyl sites for hydroxylation is 2. The summed E-state index contributed by atoms with van der Waals surface area (Å²) < 4.78 is 4.12. The molecule has 4 rings (SSSR count). The highest BCUT2D eigenvalue weighted by Crippen LogP contribution is 2.30. The first-order chi connectivity index (χ1) is 15.4. The number of hydrogen-bond donors (Lipinski definition) is 1. The van der Waals surface area contributed by atoms with Crippen LogP contribution >= 0.6 is 11.3 Å². The summed E-state index contributed by atoms with van der Waals surface area (Å²) in [5, 5.41) is 5.02. The lowest BCUT2D eigenvalue weighted by molar-refractivity contribution is -0.120. The maximum absolute atomic E-state index is 12.5. The van der Waals surface area contributed by atoms with Gasteiger partial charge in [0.25, 0.3) is 5.56 Å². The van der Waals surface area contributed by atoms with Gasteiger partial charge in [0, 0.05) is 43.6 Å². The Kier molecular flexibility index (Phi) is 6.09. The highest BCUT2D eigenvalue weighted by atomic mass is 32.1. The van der Waals surface area contributed by atoms with Crippen LogP contribution in [0.1, 0.15) is 24.6 Å². The van der Waals surface area contributed by atoms with E-state index in [9.17, 15) is 14.4 Å². The molecule has 3 aromatic rings. The predicted octanol–water partition coefficient (Wildman–Crippen LogP) is 2.57. The molecule has 0 spiro atoms. The monoisotopic (exact) mass is 451 g/mol. The Morgan fingerprint density at radius 1 is 1.22 bits per heavy atom. The number of imidazole rings is 1. The minimum absolute atomic E-state index is 0.0914. The van der Waals surface area contributed by atoms with Crippen LogP contribution in [0.4, 0.5) is 0 Å². The molecule has 8 nitrogen and oxygen atoms in total. The largest absolute Gasteiger partial charge is 0.332 e. The van der Waals surface area contributed by atoms with Gasteiger partial charge in [0.15, 0.2) is 11.2 Å². The molecule has 1 aliphatic carbocycles. The summed E-state index contributed by atoms with van der Waals surface area (Å²) in [4.78, 5) is 42.5. The number of amides is 1. The molecule has 3 aromatic heterocycles. The van der Waals surface area contributed by atoms with Crippen LogP contribution in [0.5, 0.6) is 0 Å². The molecule has 0 fully saturated rings. The predicted molar refractivity (Wildman–Crippen MR) is 126 cm³/mol. The fraction of sp³-hybridized carbons (Fsp3) is 0.304. The second-order valence-corrected chi connectivity index (χ2v) is 8.78. The molecule has 0 radical (unpaired) electrons. The average Bonchev–Trinajstić information content (AvgIpc) is 3.41. The summed E-state index contributed by atoms with van der Waals surface area (Å²) in [6.07, 6.45) is 10.4. The number of thiophene rings is 1. The summed E-state index contributed by atoms with van der Waals surface area (Å²) in [7, 11) is 3.03. The van der Waals surface area contributed by atoms with Crippen LogP contribution < -0.4 is 16.6 Å². The van der Waals surface area contributed by atoms with Gasteiger partial charge in [0.05, 0.1) is 6.33 Å². The zero-order valence-electron chi connectivity index (χ0n) is 18.2. The Morgan fingerprint density at radius 2 is 2.03 bits per heavy atom. The summed E-state index contributed by atoms with van der Waals surface area (Å²) in [5.41, 5.74) is 1.89. The van der Waals surface area contributed by atoms with Gasteiger partial charge >= 0.3 is 5.69 Å². The second-order valence-electron chi connectivity index (χ2n) is 7.84. The van der Waals surface area contributed by atoms with Gasteiger partial charge in [-0.2, -0.15) is 0 Å². The SMILES string of the molecule is C[C@H]1C=CC(NC(=O)CCCn2cnc3c2c(=O)n(C)c(=O)n3C)=CC=C1c1cccs1. The van der Waals surface area contributed by atoms with E-state index >= 15 is 0 Å². The van der Waals surface area contributed by atoms with E-state index in [2.05, 4.69) is 40.8 Å². The normalized spacial score (nSPS) is 16.0. The van der Waals surface area contributed by atoms with E-state index in [1.165, 1.54) is 28.4 Å². The first-order valence-electron chi connectivity index (χ1n) is 10.4. The van der Waals surface area contributed by atoms with Gasteiger partial charge < -0.3 is 9.88 Å². The number of rotatable bonds is 6. The van der Waals surface area contributed by atoms with Crippen molar-refractivity contribution in [2.75, 3.05) is 0 Å². The third-order valence-electron chi connectivity index (χ3n) is 5.61. The van der Waals surface area contributed by atoms with E-state index in [0.29, 0.717) is 30.6 Å². The van der Waals surface area contributed by atoms with Crippen LogP contribution in [-0.4, -0.2) is 24.6 Å². The van der Waals surface area contributed by atoms with E-state index < -0.39 is 5.69 Å². The fourth-order valence-corrected chi connectivity index (χ4v) is 4.62. The minimum Gasteiger partial charge on any atom is -0.326 e. The van der Waals surface area contributed by atoms with Gasteiger partial charge in [-0.15, -0.1) is 11.3 Å². The van der Waals surface area contributed by atoms with E-state index in [4.69, 9.17) is 0 Å². The number of hydrogen-bond acceptors (Lipinski definition) is 5. The molecule has 1 atom stereocenters. The lowest BCUT2D eigenvalue weighted by Crippen LogP contribution is -2.37. The van der Waals surface area contributed by atoms with E-state index in [-0.39, 0.29) is 17.4 Å². The summed E-state index contributed by atoms with van der Waals surface area (Å²) in [6.45, 7) is 2.59. The Hall–Kier alpha value is -3.46. The third kappa shape index (κ3) is 4.16. The molecule has 0 aliphatic heterocycles. The Morgan fingerprint density at radius 3 is 2.78 bits per heavy atom. The topological polar surface area (TPSA) is 90.9 Å². The van der Waals surface area contributed by atoms with Crippen molar-refractivity contribution < 1.29 is 4.79 Å². The number of allylic oxidation sites excluding steroid dienone is 5. The molecule has 3 heterocycles. The fourth-order valence-electron chi connectivity index (χ4n) is 3.77. The van der Waals surface area contributed by atoms with Gasteiger partial charge in [0.2, 0.25) is 5.91 Å². The van der Waals surface area contributed by atoms with Crippen LogP contribution in [0.2, 0.25) is 0 Å². The van der Waals surface area contributed by atoms with Crippen LogP contribution in [0.3, 0.4) is 0 Å². The highest BCUT2D eigenvalue weighted by Gasteiger charge is 2.15. The second kappa shape index (κ2) is 8.96. The molecule has 0 saturated carbocycles. The molecule has 1 N–H and O–H groups in total. The smallest absolute Gasteiger partial charge is 0.326 e. The number of carbonyl (C=O) groups is 1. The van der Waals surface area contributed by atoms with Crippen molar-refractivity contribution in [3.05, 3.63) is 79.6 Å². The van der Waals surface area contributed by atoms with Gasteiger partial charge in [0.1, 0.15) is 0 Å². The number of nitrogens with zero attached hydrogens (tertiary/aromatic N) is 4. The lowest BCUT2D eigenvalue weighted by Gasteiger charge is -2.08. The zero-order chi connectivity index (χ0) is 22.8. The van der Waals surface area contributed by atoms with E-state index in [0.717, 1.165) is 10.3 Å². The number of nitrogens with one attached hydrogen (secondary N) is 1. The first kappa shape index (κ1) is 21.8. The van der Waals surface area contributed by atoms with Crippen LogP contribution in [0, 0.1) is 5.92 Å². The van der Waals surface area contributed by atoms with E-state index in [1.807, 2.05) is 18.2 Å². The summed E-state index contributed by atoms with van der Waals surface area (Å²) in [6, 6.07) is 4.14. The average molecular weight is 452 g/mol. The van der Waals surface area contributed by atoms with Crippen molar-refractivity contribution in [2.24, 2.45) is 20.0 Å². The summed E-state index contributed by atoms with van der Waals surface area (Å²) in [5.74, 6) is 0.165. The molecule has 9 heteroatoms. The molecule has 1 amide bonds. The maximum atomic E-state index is 12.5. The number of carbonyl (C=O) groups excluding carboxylic acids is 1. The highest BCUT2D eigenvalue weighted by molar-refractivity contribution is 7.11. The van der Waals surface area contributed by atoms with Crippen molar-refractivity contribution in [3.63, 3.8) is 0 Å². The molecule has 166 valence electrons. The lowest BCUT2D eigenvalue weighted by atomic mass is 10.00. The minimum atomic E-state index is -0.414. The molecule has 1 aliphatic rings. The first-order valence-corrected chi connectivity index (χ1v) is 11.3. The third-order valence-corrected chi connectivity index (χ3v) is 6.53.